The van der Waals surface area contributed by atoms with Crippen LogP contribution in [-0.2, 0) is 4.79 Å². The molecule has 1 aromatic rings. The van der Waals surface area contributed by atoms with Gasteiger partial charge in [0.2, 0.25) is 5.91 Å². The van der Waals surface area contributed by atoms with Crippen LogP contribution in [0.4, 0.5) is 5.69 Å². The van der Waals surface area contributed by atoms with Crippen molar-refractivity contribution in [1.29, 1.82) is 0 Å². The van der Waals surface area contributed by atoms with Crippen molar-refractivity contribution in [3.8, 4) is 5.75 Å². The third-order valence-corrected chi connectivity index (χ3v) is 4.78. The third-order valence-electron chi connectivity index (χ3n) is 4.78. The number of hydrogen-bond donors (Lipinski definition) is 3. The molecule has 0 aliphatic heterocycles. The van der Waals surface area contributed by atoms with Gasteiger partial charge in [0.05, 0.1) is 0 Å². The second-order valence-electron chi connectivity index (χ2n) is 6.40. The number of hydrogen-bond acceptors (Lipinski definition) is 3. The average Bonchev–Trinajstić information content (AvgIpc) is 2.68. The number of rotatable bonds is 3. The summed E-state index contributed by atoms with van der Waals surface area (Å²) < 4.78 is 0. The summed E-state index contributed by atoms with van der Waals surface area (Å²) in [5.41, 5.74) is 0.0753. The summed E-state index contributed by atoms with van der Waals surface area (Å²) in [5.74, 6) is -1.77. The highest BCUT2D eigenvalue weighted by Crippen LogP contribution is 2.68. The number of phenols is 1. The Morgan fingerprint density at radius 1 is 1.15 bits per heavy atom. The topological polar surface area (TPSA) is 86.6 Å². The van der Waals surface area contributed by atoms with Gasteiger partial charge in [-0.05, 0) is 23.0 Å². The van der Waals surface area contributed by atoms with E-state index in [1.54, 1.807) is 0 Å². The van der Waals surface area contributed by atoms with E-state index in [9.17, 15) is 14.7 Å². The largest absolute Gasteiger partial charge is 0.507 e. The van der Waals surface area contributed by atoms with E-state index in [4.69, 9.17) is 5.11 Å². The molecule has 0 atom stereocenters. The summed E-state index contributed by atoms with van der Waals surface area (Å²) >= 11 is 0. The van der Waals surface area contributed by atoms with Crippen molar-refractivity contribution < 1.29 is 19.8 Å². The molecule has 0 bridgehead atoms. The van der Waals surface area contributed by atoms with Gasteiger partial charge in [-0.1, -0.05) is 27.7 Å². The smallest absolute Gasteiger partial charge is 0.339 e. The van der Waals surface area contributed by atoms with Gasteiger partial charge < -0.3 is 15.5 Å². The van der Waals surface area contributed by atoms with E-state index in [0.29, 0.717) is 5.69 Å². The highest BCUT2D eigenvalue weighted by atomic mass is 16.4. The Morgan fingerprint density at radius 3 is 2.10 bits per heavy atom. The number of carbonyl (C=O) groups excluding carboxylic acids is 1. The van der Waals surface area contributed by atoms with Crippen molar-refractivity contribution in [3.05, 3.63) is 23.8 Å². The lowest BCUT2D eigenvalue weighted by Gasteiger charge is -2.08. The van der Waals surface area contributed by atoms with Crippen molar-refractivity contribution in [2.75, 3.05) is 5.32 Å². The molecule has 108 valence electrons. The highest BCUT2D eigenvalue weighted by Gasteiger charge is 2.68. The number of anilines is 1. The molecule has 0 spiro atoms. The molecule has 5 heteroatoms. The maximum atomic E-state index is 12.2. The number of carboxylic acids is 1. The quantitative estimate of drug-likeness (QED) is 0.792. The number of nitrogens with one attached hydrogen (secondary N) is 1. The summed E-state index contributed by atoms with van der Waals surface area (Å²) in [4.78, 5) is 23.0. The van der Waals surface area contributed by atoms with Crippen LogP contribution in [0.1, 0.15) is 38.1 Å². The minimum atomic E-state index is -1.20. The lowest BCUT2D eigenvalue weighted by Crippen LogP contribution is -2.17. The molecule has 3 N–H and O–H groups in total. The first-order valence-electron chi connectivity index (χ1n) is 6.46. The Balaban J connectivity index is 2.14. The summed E-state index contributed by atoms with van der Waals surface area (Å²) in [6.45, 7) is 8.18. The molecule has 1 aromatic carbocycles. The molecule has 1 aliphatic carbocycles. The Morgan fingerprint density at radius 2 is 1.70 bits per heavy atom. The number of aromatic hydroxyl groups is 1. The van der Waals surface area contributed by atoms with E-state index >= 15 is 0 Å². The minimum absolute atomic E-state index is 0.0693. The zero-order valence-corrected chi connectivity index (χ0v) is 12.0. The van der Waals surface area contributed by atoms with E-state index < -0.39 is 5.97 Å². The molecule has 0 radical (unpaired) electrons. The molecule has 1 saturated carbocycles. The number of carboxylic acid groups (broad SMARTS) is 1. The van der Waals surface area contributed by atoms with Gasteiger partial charge in [0, 0.05) is 17.7 Å². The summed E-state index contributed by atoms with van der Waals surface area (Å²) in [6, 6.07) is 4.00. The number of amides is 1. The van der Waals surface area contributed by atoms with Gasteiger partial charge >= 0.3 is 5.97 Å². The average molecular weight is 277 g/mol. The predicted octanol–water partition coefficient (Wildman–Crippen LogP) is 2.71. The normalized spacial score (nSPS) is 19.4. The maximum Gasteiger partial charge on any atom is 0.339 e. The van der Waals surface area contributed by atoms with Gasteiger partial charge in [0.1, 0.15) is 11.3 Å². The van der Waals surface area contributed by atoms with Crippen molar-refractivity contribution >= 4 is 17.6 Å². The number of aromatic carboxylic acids is 1. The van der Waals surface area contributed by atoms with Crippen molar-refractivity contribution in [1.82, 2.24) is 0 Å². The zero-order valence-electron chi connectivity index (χ0n) is 12.0. The Labute approximate surface area is 117 Å². The van der Waals surface area contributed by atoms with Gasteiger partial charge in [-0.15, -0.1) is 0 Å². The minimum Gasteiger partial charge on any atom is -0.507 e. The molecule has 20 heavy (non-hydrogen) atoms. The van der Waals surface area contributed by atoms with Crippen LogP contribution in [0, 0.1) is 16.7 Å². The Kier molecular flexibility index (Phi) is 3.04. The second kappa shape index (κ2) is 4.23. The summed E-state index contributed by atoms with van der Waals surface area (Å²) in [6.07, 6.45) is 0. The van der Waals surface area contributed by atoms with E-state index in [0.717, 1.165) is 0 Å². The van der Waals surface area contributed by atoms with Gasteiger partial charge in [-0.2, -0.15) is 0 Å². The van der Waals surface area contributed by atoms with Crippen LogP contribution in [0.3, 0.4) is 0 Å². The third kappa shape index (κ3) is 2.03. The molecule has 0 saturated heterocycles. The maximum absolute atomic E-state index is 12.2. The molecule has 1 fully saturated rings. The standard InChI is InChI=1S/C15H19NO4/c1-14(2)11(15(14,3)4)12(18)16-8-5-6-9(13(19)20)10(17)7-8/h5-7,11,17H,1-4H3,(H,16,18)(H,19,20). The molecule has 1 amide bonds. The van der Waals surface area contributed by atoms with E-state index in [1.807, 2.05) is 27.7 Å². The van der Waals surface area contributed by atoms with E-state index in [-0.39, 0.29) is 34.0 Å². The molecule has 0 heterocycles. The molecule has 5 nitrogen and oxygen atoms in total. The lowest BCUT2D eigenvalue weighted by atomic mass is 10.0. The molecule has 1 aliphatic rings. The first-order chi connectivity index (χ1) is 9.09. The first kappa shape index (κ1) is 14.4. The van der Waals surface area contributed by atoms with Crippen LogP contribution in [0.25, 0.3) is 0 Å². The van der Waals surface area contributed by atoms with Crippen LogP contribution in [-0.4, -0.2) is 22.1 Å². The van der Waals surface area contributed by atoms with Crippen LogP contribution in [0.5, 0.6) is 5.75 Å². The van der Waals surface area contributed by atoms with Crippen molar-refractivity contribution in [3.63, 3.8) is 0 Å². The lowest BCUT2D eigenvalue weighted by molar-refractivity contribution is -0.118. The van der Waals surface area contributed by atoms with Crippen LogP contribution < -0.4 is 5.32 Å². The highest BCUT2D eigenvalue weighted by molar-refractivity contribution is 5.97. The van der Waals surface area contributed by atoms with Crippen molar-refractivity contribution in [2.24, 2.45) is 16.7 Å². The molecule has 0 unspecified atom stereocenters. The summed E-state index contributed by atoms with van der Waals surface area (Å²) in [5, 5.41) is 21.2. The van der Waals surface area contributed by atoms with Crippen LogP contribution in [0.15, 0.2) is 18.2 Å². The molecule has 2 rings (SSSR count). The van der Waals surface area contributed by atoms with Crippen LogP contribution in [0.2, 0.25) is 0 Å². The summed E-state index contributed by atoms with van der Waals surface area (Å²) in [7, 11) is 0. The van der Waals surface area contributed by atoms with E-state index in [1.165, 1.54) is 18.2 Å². The van der Waals surface area contributed by atoms with Crippen molar-refractivity contribution in [2.45, 2.75) is 27.7 Å². The monoisotopic (exact) mass is 277 g/mol. The fourth-order valence-electron chi connectivity index (χ4n) is 2.86. The molecular weight excluding hydrogens is 258 g/mol. The predicted molar refractivity (Wildman–Crippen MR) is 74.7 cm³/mol. The number of carbonyl (C=O) groups is 2. The van der Waals surface area contributed by atoms with Gasteiger partial charge in [0.15, 0.2) is 0 Å². The van der Waals surface area contributed by atoms with Gasteiger partial charge in [0.25, 0.3) is 0 Å². The first-order valence-corrected chi connectivity index (χ1v) is 6.46. The number of benzene rings is 1. The van der Waals surface area contributed by atoms with Gasteiger partial charge in [-0.3, -0.25) is 4.79 Å². The zero-order chi connectivity index (χ0) is 15.3. The Bertz CT molecular complexity index is 576. The molecule has 0 aromatic heterocycles. The second-order valence-corrected chi connectivity index (χ2v) is 6.40. The van der Waals surface area contributed by atoms with E-state index in [2.05, 4.69) is 5.32 Å². The van der Waals surface area contributed by atoms with Gasteiger partial charge in [-0.25, -0.2) is 4.79 Å². The molecular formula is C15H19NO4. The fourth-order valence-corrected chi connectivity index (χ4v) is 2.86. The Hall–Kier alpha value is -2.04. The van der Waals surface area contributed by atoms with Crippen LogP contribution >= 0.6 is 0 Å². The fraction of sp³-hybridized carbons (Fsp3) is 0.467. The SMILES string of the molecule is CC1(C)C(C(=O)Nc2ccc(C(=O)O)c(O)c2)C1(C)C.